The van der Waals surface area contributed by atoms with Gasteiger partial charge in [-0.25, -0.2) is 9.97 Å². The van der Waals surface area contributed by atoms with E-state index in [2.05, 4.69) is 14.7 Å². The summed E-state index contributed by atoms with van der Waals surface area (Å²) in [4.78, 5) is 42.4. The monoisotopic (exact) mass is 573 g/mol. The van der Waals surface area contributed by atoms with E-state index in [4.69, 9.17) is 4.98 Å². The molecule has 0 spiro atoms. The predicted molar refractivity (Wildman–Crippen MR) is 150 cm³/mol. The number of halogens is 3. The highest BCUT2D eigenvalue weighted by atomic mass is 19.4. The molecule has 1 amide bonds. The minimum Gasteiger partial charge on any atom is -0.406 e. The van der Waals surface area contributed by atoms with Crippen LogP contribution in [0.1, 0.15) is 35.5 Å². The maximum Gasteiger partial charge on any atom is 0.573 e. The zero-order valence-electron chi connectivity index (χ0n) is 22.7. The second kappa shape index (κ2) is 11.8. The van der Waals surface area contributed by atoms with E-state index < -0.39 is 12.4 Å². The first-order valence-corrected chi connectivity index (χ1v) is 13.1. The third kappa shape index (κ3) is 6.46. The fraction of sp³-hybridized carbons (Fsp3) is 0.194. The van der Waals surface area contributed by atoms with Gasteiger partial charge in [0, 0.05) is 25.1 Å². The molecule has 0 saturated heterocycles. The van der Waals surface area contributed by atoms with E-state index in [1.54, 1.807) is 48.6 Å². The number of pyridine rings is 2. The highest BCUT2D eigenvalue weighted by Gasteiger charge is 2.31. The lowest BCUT2D eigenvalue weighted by molar-refractivity contribution is -0.274. The molecule has 214 valence electrons. The number of rotatable bonds is 8. The van der Waals surface area contributed by atoms with Crippen molar-refractivity contribution in [3.63, 3.8) is 0 Å². The summed E-state index contributed by atoms with van der Waals surface area (Å²) in [6.45, 7) is 3.86. The summed E-state index contributed by atoms with van der Waals surface area (Å²) in [5.74, 6) is -0.405. The van der Waals surface area contributed by atoms with Crippen molar-refractivity contribution in [3.05, 3.63) is 124 Å². The second-order valence-corrected chi connectivity index (χ2v) is 9.75. The molecule has 0 fully saturated rings. The zero-order chi connectivity index (χ0) is 29.9. The molecule has 0 radical (unpaired) electrons. The van der Waals surface area contributed by atoms with E-state index in [0.717, 1.165) is 23.3 Å². The van der Waals surface area contributed by atoms with Gasteiger partial charge >= 0.3 is 6.36 Å². The van der Waals surface area contributed by atoms with Crippen LogP contribution in [0.2, 0.25) is 0 Å². The second-order valence-electron chi connectivity index (χ2n) is 9.75. The van der Waals surface area contributed by atoms with Gasteiger partial charge in [0.05, 0.1) is 23.5 Å². The number of ether oxygens (including phenoxy) is 1. The van der Waals surface area contributed by atoms with Gasteiger partial charge in [-0.05, 0) is 67.4 Å². The maximum atomic E-state index is 13.8. The zero-order valence-corrected chi connectivity index (χ0v) is 22.7. The normalized spacial score (nSPS) is 12.2. The smallest absolute Gasteiger partial charge is 0.406 e. The van der Waals surface area contributed by atoms with Gasteiger partial charge in [0.2, 0.25) is 5.91 Å². The largest absolute Gasteiger partial charge is 0.573 e. The molecule has 2 aromatic carbocycles. The van der Waals surface area contributed by atoms with E-state index in [1.165, 1.54) is 16.7 Å². The number of hydrogen-bond acceptors (Lipinski definition) is 6. The number of carbonyl (C=O) groups excluding carboxylic acids is 1. The van der Waals surface area contributed by atoms with Crippen LogP contribution in [0.5, 0.6) is 5.75 Å². The van der Waals surface area contributed by atoms with Crippen molar-refractivity contribution in [2.45, 2.75) is 39.2 Å². The van der Waals surface area contributed by atoms with Crippen LogP contribution in [0.25, 0.3) is 16.7 Å². The summed E-state index contributed by atoms with van der Waals surface area (Å²) in [6.07, 6.45) is -0.127. The minimum absolute atomic E-state index is 0.114. The first-order chi connectivity index (χ1) is 20.1. The van der Waals surface area contributed by atoms with Gasteiger partial charge < -0.3 is 9.64 Å². The van der Waals surface area contributed by atoms with Crippen LogP contribution in [-0.4, -0.2) is 36.7 Å². The van der Waals surface area contributed by atoms with Crippen molar-refractivity contribution >= 4 is 16.9 Å². The molecule has 11 heteroatoms. The SMILES string of the molecule is Cc1ccc(-n2c([C@@H](C)N(Cc3cccnc3)C(=O)Cc3ccc(OC(F)(F)F)cc3)nc3ncccc3c2=O)cc1. The molecule has 8 nitrogen and oxygen atoms in total. The van der Waals surface area contributed by atoms with Gasteiger partial charge in [0.1, 0.15) is 11.6 Å². The number of fused-ring (bicyclic) bond motifs is 1. The predicted octanol–water partition coefficient (Wildman–Crippen LogP) is 5.72. The van der Waals surface area contributed by atoms with Crippen LogP contribution < -0.4 is 10.3 Å². The fourth-order valence-electron chi connectivity index (χ4n) is 4.61. The Kier molecular flexibility index (Phi) is 8.01. The lowest BCUT2D eigenvalue weighted by Crippen LogP contribution is -2.38. The standard InChI is InChI=1S/C31H26F3N5O3/c1-20-7-11-24(12-8-20)39-29(37-28-26(30(39)41)6-4-16-36-28)21(2)38(19-23-5-3-15-35-18-23)27(40)17-22-9-13-25(14-10-22)42-31(32,33)34/h3-16,18,21H,17,19H2,1-2H3/t21-/m1/s1. The molecule has 0 aliphatic carbocycles. The Labute approximate surface area is 239 Å². The number of amides is 1. The van der Waals surface area contributed by atoms with Crippen molar-refractivity contribution in [2.75, 3.05) is 0 Å². The summed E-state index contributed by atoms with van der Waals surface area (Å²) in [7, 11) is 0. The number of alkyl halides is 3. The number of benzene rings is 2. The van der Waals surface area contributed by atoms with Gasteiger partial charge in [-0.2, -0.15) is 0 Å². The Morgan fingerprint density at radius 1 is 0.976 bits per heavy atom. The van der Waals surface area contributed by atoms with E-state index in [-0.39, 0.29) is 35.8 Å². The van der Waals surface area contributed by atoms with Gasteiger partial charge in [0.15, 0.2) is 5.65 Å². The topological polar surface area (TPSA) is 90.2 Å². The molecule has 0 aliphatic heterocycles. The molecule has 0 aliphatic rings. The van der Waals surface area contributed by atoms with Crippen LogP contribution in [0.4, 0.5) is 13.2 Å². The molecule has 0 unspecified atom stereocenters. The first-order valence-electron chi connectivity index (χ1n) is 13.1. The average molecular weight is 574 g/mol. The Balaban J connectivity index is 1.56. The summed E-state index contributed by atoms with van der Waals surface area (Å²) < 4.78 is 43.2. The van der Waals surface area contributed by atoms with Gasteiger partial charge in [-0.15, -0.1) is 13.2 Å². The molecule has 1 atom stereocenters. The number of aryl methyl sites for hydroxylation is 1. The quantitative estimate of drug-likeness (QED) is 0.236. The Bertz CT molecular complexity index is 1760. The number of carbonyl (C=O) groups is 1. The van der Waals surface area contributed by atoms with E-state index in [1.807, 2.05) is 37.3 Å². The number of aromatic nitrogens is 4. The van der Waals surface area contributed by atoms with Gasteiger partial charge in [-0.1, -0.05) is 35.9 Å². The van der Waals surface area contributed by atoms with Crippen molar-refractivity contribution < 1.29 is 22.7 Å². The van der Waals surface area contributed by atoms with Crippen LogP contribution >= 0.6 is 0 Å². The lowest BCUT2D eigenvalue weighted by Gasteiger charge is -2.31. The molecule has 3 heterocycles. The Hall–Kier alpha value is -5.06. The summed E-state index contributed by atoms with van der Waals surface area (Å²) in [5.41, 5.74) is 2.75. The summed E-state index contributed by atoms with van der Waals surface area (Å²) in [6, 6.07) is 18.7. The van der Waals surface area contributed by atoms with Crippen LogP contribution in [0, 0.1) is 6.92 Å². The number of nitrogens with zero attached hydrogens (tertiary/aromatic N) is 5. The molecular formula is C31H26F3N5O3. The molecule has 0 N–H and O–H groups in total. The number of hydrogen-bond donors (Lipinski definition) is 0. The van der Waals surface area contributed by atoms with Crippen molar-refractivity contribution in [1.82, 2.24) is 24.4 Å². The highest BCUT2D eigenvalue weighted by molar-refractivity contribution is 5.79. The summed E-state index contributed by atoms with van der Waals surface area (Å²) in [5, 5.41) is 0.334. The molecule has 5 aromatic rings. The van der Waals surface area contributed by atoms with Crippen LogP contribution in [-0.2, 0) is 17.8 Å². The molecule has 42 heavy (non-hydrogen) atoms. The molecule has 5 rings (SSSR count). The third-order valence-electron chi connectivity index (χ3n) is 6.71. The highest BCUT2D eigenvalue weighted by Crippen LogP contribution is 2.27. The molecule has 0 bridgehead atoms. The van der Waals surface area contributed by atoms with E-state index >= 15 is 0 Å². The van der Waals surface area contributed by atoms with Crippen molar-refractivity contribution in [1.29, 1.82) is 0 Å². The van der Waals surface area contributed by atoms with Gasteiger partial charge in [0.25, 0.3) is 5.56 Å². The fourth-order valence-corrected chi connectivity index (χ4v) is 4.61. The lowest BCUT2D eigenvalue weighted by atomic mass is 10.1. The minimum atomic E-state index is -4.82. The summed E-state index contributed by atoms with van der Waals surface area (Å²) >= 11 is 0. The van der Waals surface area contributed by atoms with E-state index in [0.29, 0.717) is 22.5 Å². The van der Waals surface area contributed by atoms with Crippen LogP contribution in [0.15, 0.2) is 96.2 Å². The van der Waals surface area contributed by atoms with Crippen LogP contribution in [0.3, 0.4) is 0 Å². The molecule has 3 aromatic heterocycles. The third-order valence-corrected chi connectivity index (χ3v) is 6.71. The first kappa shape index (κ1) is 28.5. The Morgan fingerprint density at radius 2 is 1.69 bits per heavy atom. The molecular weight excluding hydrogens is 547 g/mol. The van der Waals surface area contributed by atoms with Crippen molar-refractivity contribution in [2.24, 2.45) is 0 Å². The Morgan fingerprint density at radius 3 is 2.36 bits per heavy atom. The maximum absolute atomic E-state index is 13.8. The van der Waals surface area contributed by atoms with Gasteiger partial charge in [-0.3, -0.25) is 19.1 Å². The van der Waals surface area contributed by atoms with Crippen molar-refractivity contribution in [3.8, 4) is 11.4 Å². The van der Waals surface area contributed by atoms with E-state index in [9.17, 15) is 22.8 Å². The molecule has 0 saturated carbocycles. The average Bonchev–Trinajstić information content (AvgIpc) is 2.97.